The van der Waals surface area contributed by atoms with E-state index in [1.165, 1.54) is 0 Å². The third kappa shape index (κ3) is 5.70. The Morgan fingerprint density at radius 1 is 0.935 bits per heavy atom. The lowest BCUT2D eigenvalue weighted by Gasteiger charge is -2.35. The quantitative estimate of drug-likeness (QED) is 0.577. The molecule has 2 aromatic rings. The average molecular weight is 431 g/mol. The van der Waals surface area contributed by atoms with Crippen LogP contribution in [0.1, 0.15) is 37.0 Å². The van der Waals surface area contributed by atoms with Gasteiger partial charge in [-0.2, -0.15) is 0 Å². The molecular weight excluding hydrogens is 396 g/mol. The summed E-state index contributed by atoms with van der Waals surface area (Å²) in [6.45, 7) is 14.2. The SMILES string of the molecule is CCOc1cc(C(=O)N2CCN(CCn3ccnc3C)CC2)cc(OCC)c1OCC. The number of aromatic nitrogens is 2. The molecule has 1 aliphatic rings. The molecule has 0 bridgehead atoms. The highest BCUT2D eigenvalue weighted by Gasteiger charge is 2.25. The molecule has 1 aliphatic heterocycles. The van der Waals surface area contributed by atoms with Crippen molar-refractivity contribution in [2.24, 2.45) is 0 Å². The summed E-state index contributed by atoms with van der Waals surface area (Å²) >= 11 is 0. The van der Waals surface area contributed by atoms with Gasteiger partial charge in [-0.3, -0.25) is 9.69 Å². The number of ether oxygens (including phenoxy) is 3. The van der Waals surface area contributed by atoms with Gasteiger partial charge >= 0.3 is 0 Å². The summed E-state index contributed by atoms with van der Waals surface area (Å²) in [7, 11) is 0. The van der Waals surface area contributed by atoms with Crippen molar-refractivity contribution >= 4 is 5.91 Å². The Hall–Kier alpha value is -2.74. The monoisotopic (exact) mass is 430 g/mol. The fourth-order valence-electron chi connectivity index (χ4n) is 3.76. The van der Waals surface area contributed by atoms with E-state index in [9.17, 15) is 4.79 Å². The van der Waals surface area contributed by atoms with Crippen molar-refractivity contribution < 1.29 is 19.0 Å². The fraction of sp³-hybridized carbons (Fsp3) is 0.565. The van der Waals surface area contributed by atoms with Gasteiger partial charge in [-0.15, -0.1) is 0 Å². The normalized spacial score (nSPS) is 14.5. The molecule has 2 heterocycles. The molecule has 1 saturated heterocycles. The standard InChI is InChI=1S/C23H34N4O4/c1-5-29-20-16-19(17-21(30-6-2)22(20)31-7-3)23(28)27-14-11-25(12-15-27)10-13-26-9-8-24-18(26)4/h8-9,16-17H,5-7,10-15H2,1-4H3. The zero-order valence-electron chi connectivity index (χ0n) is 19.1. The van der Waals surface area contributed by atoms with Gasteiger partial charge in [-0.05, 0) is 39.8 Å². The minimum absolute atomic E-state index is 0.00458. The summed E-state index contributed by atoms with van der Waals surface area (Å²) in [5, 5.41) is 0. The van der Waals surface area contributed by atoms with Gasteiger partial charge < -0.3 is 23.7 Å². The van der Waals surface area contributed by atoms with Gasteiger partial charge in [-0.25, -0.2) is 4.98 Å². The van der Waals surface area contributed by atoms with Crippen molar-refractivity contribution in [3.05, 3.63) is 35.9 Å². The predicted molar refractivity (Wildman–Crippen MR) is 119 cm³/mol. The molecule has 1 amide bonds. The average Bonchev–Trinajstić information content (AvgIpc) is 3.19. The van der Waals surface area contributed by atoms with Crippen LogP contribution in [0.3, 0.4) is 0 Å². The van der Waals surface area contributed by atoms with Gasteiger partial charge in [0.2, 0.25) is 5.75 Å². The summed E-state index contributed by atoms with van der Waals surface area (Å²) in [6.07, 6.45) is 3.84. The second-order valence-electron chi connectivity index (χ2n) is 7.40. The summed E-state index contributed by atoms with van der Waals surface area (Å²) < 4.78 is 19.4. The first-order valence-electron chi connectivity index (χ1n) is 11.1. The summed E-state index contributed by atoms with van der Waals surface area (Å²) in [4.78, 5) is 21.8. The highest BCUT2D eigenvalue weighted by Crippen LogP contribution is 2.39. The number of piperazine rings is 1. The Morgan fingerprint density at radius 2 is 1.55 bits per heavy atom. The van der Waals surface area contributed by atoms with Crippen molar-refractivity contribution in [3.63, 3.8) is 0 Å². The molecule has 0 saturated carbocycles. The van der Waals surface area contributed by atoms with E-state index in [4.69, 9.17) is 14.2 Å². The van der Waals surface area contributed by atoms with Crippen molar-refractivity contribution in [1.29, 1.82) is 0 Å². The Morgan fingerprint density at radius 3 is 2.06 bits per heavy atom. The second kappa shape index (κ2) is 11.0. The number of aryl methyl sites for hydroxylation is 1. The van der Waals surface area contributed by atoms with Crippen LogP contribution in [-0.4, -0.2) is 77.8 Å². The van der Waals surface area contributed by atoms with Crippen LogP contribution in [0.15, 0.2) is 24.5 Å². The molecule has 0 N–H and O–H groups in total. The van der Waals surface area contributed by atoms with Crippen molar-refractivity contribution in [2.75, 3.05) is 52.5 Å². The van der Waals surface area contributed by atoms with Gasteiger partial charge in [0.05, 0.1) is 19.8 Å². The molecule has 0 atom stereocenters. The van der Waals surface area contributed by atoms with Crippen molar-refractivity contribution in [2.45, 2.75) is 34.2 Å². The fourth-order valence-corrected chi connectivity index (χ4v) is 3.76. The lowest BCUT2D eigenvalue weighted by atomic mass is 10.1. The summed E-state index contributed by atoms with van der Waals surface area (Å²) in [5.74, 6) is 2.68. The molecule has 170 valence electrons. The lowest BCUT2D eigenvalue weighted by Crippen LogP contribution is -2.49. The molecule has 0 spiro atoms. The molecule has 0 unspecified atom stereocenters. The van der Waals surface area contributed by atoms with Crippen LogP contribution in [0, 0.1) is 6.92 Å². The van der Waals surface area contributed by atoms with Crippen LogP contribution >= 0.6 is 0 Å². The number of nitrogens with zero attached hydrogens (tertiary/aromatic N) is 4. The molecule has 0 radical (unpaired) electrons. The van der Waals surface area contributed by atoms with E-state index in [2.05, 4.69) is 14.5 Å². The number of amides is 1. The highest BCUT2D eigenvalue weighted by atomic mass is 16.5. The third-order valence-electron chi connectivity index (χ3n) is 5.40. The van der Waals surface area contributed by atoms with E-state index in [1.54, 1.807) is 12.1 Å². The molecule has 0 aliphatic carbocycles. The van der Waals surface area contributed by atoms with Crippen LogP contribution in [0.2, 0.25) is 0 Å². The van der Waals surface area contributed by atoms with Crippen molar-refractivity contribution in [1.82, 2.24) is 19.4 Å². The van der Waals surface area contributed by atoms with E-state index in [-0.39, 0.29) is 5.91 Å². The minimum atomic E-state index is -0.00458. The van der Waals surface area contributed by atoms with Crippen molar-refractivity contribution in [3.8, 4) is 17.2 Å². The first-order valence-corrected chi connectivity index (χ1v) is 11.1. The lowest BCUT2D eigenvalue weighted by molar-refractivity contribution is 0.0632. The van der Waals surface area contributed by atoms with Crippen LogP contribution in [0.4, 0.5) is 0 Å². The maximum Gasteiger partial charge on any atom is 0.254 e. The Labute approximate surface area is 184 Å². The summed E-state index contributed by atoms with van der Waals surface area (Å²) in [6, 6.07) is 3.54. The number of carbonyl (C=O) groups is 1. The third-order valence-corrected chi connectivity index (χ3v) is 5.40. The molecule has 1 fully saturated rings. The zero-order chi connectivity index (χ0) is 22.2. The van der Waals surface area contributed by atoms with E-state index in [1.807, 2.05) is 45.0 Å². The largest absolute Gasteiger partial charge is 0.490 e. The van der Waals surface area contributed by atoms with Gasteiger partial charge in [0.15, 0.2) is 11.5 Å². The smallest absolute Gasteiger partial charge is 0.254 e. The van der Waals surface area contributed by atoms with Gasteiger partial charge in [0.1, 0.15) is 5.82 Å². The summed E-state index contributed by atoms with van der Waals surface area (Å²) in [5.41, 5.74) is 0.567. The second-order valence-corrected chi connectivity index (χ2v) is 7.40. The minimum Gasteiger partial charge on any atom is -0.490 e. The maximum atomic E-state index is 13.2. The number of carbonyl (C=O) groups excluding carboxylic acids is 1. The molecule has 8 nitrogen and oxygen atoms in total. The van der Waals surface area contributed by atoms with Crippen LogP contribution in [0.5, 0.6) is 17.2 Å². The highest BCUT2D eigenvalue weighted by molar-refractivity contribution is 5.95. The van der Waals surface area contributed by atoms with Crippen LogP contribution < -0.4 is 14.2 Å². The topological polar surface area (TPSA) is 69.1 Å². The predicted octanol–water partition coefficient (Wildman–Crippen LogP) is 2.85. The molecule has 31 heavy (non-hydrogen) atoms. The van der Waals surface area contributed by atoms with E-state index in [0.29, 0.717) is 55.7 Å². The number of benzene rings is 1. The first kappa shape index (κ1) is 22.9. The molecule has 8 heteroatoms. The van der Waals surface area contributed by atoms with Gasteiger partial charge in [0, 0.05) is 57.2 Å². The Balaban J connectivity index is 1.66. The van der Waals surface area contributed by atoms with Gasteiger partial charge in [-0.1, -0.05) is 0 Å². The Bertz CT molecular complexity index is 832. The number of rotatable bonds is 10. The molecule has 1 aromatic heterocycles. The van der Waals surface area contributed by atoms with E-state index in [0.717, 1.165) is 32.0 Å². The first-order chi connectivity index (χ1) is 15.1. The molecule has 1 aromatic carbocycles. The molecular formula is C23H34N4O4. The zero-order valence-corrected chi connectivity index (χ0v) is 19.1. The number of hydrogen-bond acceptors (Lipinski definition) is 6. The van der Waals surface area contributed by atoms with Crippen LogP contribution in [-0.2, 0) is 6.54 Å². The Kier molecular flexibility index (Phi) is 8.17. The number of imidazole rings is 1. The van der Waals surface area contributed by atoms with E-state index >= 15 is 0 Å². The maximum absolute atomic E-state index is 13.2. The van der Waals surface area contributed by atoms with Crippen LogP contribution in [0.25, 0.3) is 0 Å². The van der Waals surface area contributed by atoms with E-state index < -0.39 is 0 Å². The molecule has 3 rings (SSSR count). The number of hydrogen-bond donors (Lipinski definition) is 0. The van der Waals surface area contributed by atoms with Gasteiger partial charge in [0.25, 0.3) is 5.91 Å².